The number of esters is 3. The number of ether oxygens (including phenoxy) is 3. The maximum absolute atomic E-state index is 12.7. The van der Waals surface area contributed by atoms with E-state index in [1.807, 2.05) is 0 Å². The third kappa shape index (κ3) is 46.0. The number of allylic oxidation sites excluding steroid dienone is 10. The molecule has 0 aliphatic rings. The van der Waals surface area contributed by atoms with E-state index in [0.717, 1.165) is 77.0 Å². The SMILES string of the molecule is CC/C=C\C/C=C\C/C=C\C/C=C\C/C=C\CCCC(=O)O[C@@H](COC(=O)CCCCCCCCCCCCC)COC(=O)CCCCCCCCCCCCCCC. The summed E-state index contributed by atoms with van der Waals surface area (Å²) in [6.45, 7) is 6.47. The lowest BCUT2D eigenvalue weighted by Crippen LogP contribution is -2.30. The van der Waals surface area contributed by atoms with Crippen molar-refractivity contribution >= 4 is 17.9 Å². The number of rotatable bonds is 44. The molecule has 0 rings (SSSR count). The third-order valence-electron chi connectivity index (χ3n) is 10.5. The summed E-state index contributed by atoms with van der Waals surface area (Å²) in [6, 6.07) is 0. The Hall–Kier alpha value is -2.89. The third-order valence-corrected chi connectivity index (χ3v) is 10.5. The van der Waals surface area contributed by atoms with Crippen LogP contribution >= 0.6 is 0 Å². The predicted octanol–water partition coefficient (Wildman–Crippen LogP) is 16.1. The molecule has 59 heavy (non-hydrogen) atoms. The minimum Gasteiger partial charge on any atom is -0.462 e. The number of carbonyl (C=O) groups is 3. The van der Waals surface area contributed by atoms with Crippen LogP contribution in [0.2, 0.25) is 0 Å². The Kier molecular flexibility index (Phi) is 45.4. The molecule has 0 saturated heterocycles. The highest BCUT2D eigenvalue weighted by atomic mass is 16.6. The van der Waals surface area contributed by atoms with Crippen molar-refractivity contribution < 1.29 is 28.6 Å². The van der Waals surface area contributed by atoms with E-state index in [1.165, 1.54) is 116 Å². The second-order valence-electron chi connectivity index (χ2n) is 16.4. The Labute approximate surface area is 364 Å². The first kappa shape index (κ1) is 56.1. The topological polar surface area (TPSA) is 78.9 Å². The maximum Gasteiger partial charge on any atom is 0.306 e. The molecule has 0 aliphatic carbocycles. The molecule has 0 saturated carbocycles. The van der Waals surface area contributed by atoms with E-state index >= 15 is 0 Å². The van der Waals surface area contributed by atoms with Crippen molar-refractivity contribution in [3.8, 4) is 0 Å². The van der Waals surface area contributed by atoms with Gasteiger partial charge in [0.2, 0.25) is 0 Å². The van der Waals surface area contributed by atoms with Gasteiger partial charge in [-0.25, -0.2) is 0 Å². The number of hydrogen-bond acceptors (Lipinski definition) is 6. The van der Waals surface area contributed by atoms with Gasteiger partial charge in [-0.3, -0.25) is 14.4 Å². The summed E-state index contributed by atoms with van der Waals surface area (Å²) in [5, 5.41) is 0. The molecule has 0 aromatic carbocycles. The maximum atomic E-state index is 12.7. The van der Waals surface area contributed by atoms with Gasteiger partial charge in [0.25, 0.3) is 0 Å². The van der Waals surface area contributed by atoms with Crippen LogP contribution in [0.1, 0.15) is 239 Å². The fourth-order valence-electron chi connectivity index (χ4n) is 6.83. The van der Waals surface area contributed by atoms with Crippen molar-refractivity contribution in [2.24, 2.45) is 0 Å². The second-order valence-corrected chi connectivity index (χ2v) is 16.4. The first-order valence-corrected chi connectivity index (χ1v) is 24.8. The Morgan fingerprint density at radius 2 is 0.661 bits per heavy atom. The first-order chi connectivity index (χ1) is 29.0. The van der Waals surface area contributed by atoms with E-state index in [4.69, 9.17) is 14.2 Å². The lowest BCUT2D eigenvalue weighted by molar-refractivity contribution is -0.167. The summed E-state index contributed by atoms with van der Waals surface area (Å²) in [7, 11) is 0. The summed E-state index contributed by atoms with van der Waals surface area (Å²) in [6.07, 6.45) is 57.8. The molecule has 0 fully saturated rings. The Balaban J connectivity index is 4.46. The molecule has 6 heteroatoms. The van der Waals surface area contributed by atoms with Gasteiger partial charge in [-0.15, -0.1) is 0 Å². The Morgan fingerprint density at radius 3 is 1.02 bits per heavy atom. The van der Waals surface area contributed by atoms with Crippen molar-refractivity contribution in [3.05, 3.63) is 60.8 Å². The molecule has 0 amide bonds. The summed E-state index contributed by atoms with van der Waals surface area (Å²) in [5.41, 5.74) is 0. The van der Waals surface area contributed by atoms with Gasteiger partial charge in [0, 0.05) is 19.3 Å². The summed E-state index contributed by atoms with van der Waals surface area (Å²) in [5.74, 6) is -0.949. The van der Waals surface area contributed by atoms with Crippen LogP contribution in [0.5, 0.6) is 0 Å². The van der Waals surface area contributed by atoms with Gasteiger partial charge in [-0.2, -0.15) is 0 Å². The molecule has 1 atom stereocenters. The van der Waals surface area contributed by atoms with Crippen molar-refractivity contribution in [3.63, 3.8) is 0 Å². The molecule has 0 aromatic heterocycles. The minimum atomic E-state index is -0.798. The van der Waals surface area contributed by atoms with E-state index in [1.54, 1.807) is 0 Å². The molecule has 340 valence electrons. The monoisotopic (exact) mass is 825 g/mol. The smallest absolute Gasteiger partial charge is 0.306 e. The van der Waals surface area contributed by atoms with Gasteiger partial charge < -0.3 is 14.2 Å². The van der Waals surface area contributed by atoms with Crippen LogP contribution in [0.15, 0.2) is 60.8 Å². The van der Waals surface area contributed by atoms with E-state index in [0.29, 0.717) is 19.3 Å². The summed E-state index contributed by atoms with van der Waals surface area (Å²) in [4.78, 5) is 37.8. The fraction of sp³-hybridized carbons (Fsp3) is 0.755. The van der Waals surface area contributed by atoms with Gasteiger partial charge in [0.1, 0.15) is 13.2 Å². The van der Waals surface area contributed by atoms with Gasteiger partial charge in [-0.05, 0) is 57.8 Å². The van der Waals surface area contributed by atoms with Crippen LogP contribution in [0.3, 0.4) is 0 Å². The van der Waals surface area contributed by atoms with Crippen LogP contribution in [-0.2, 0) is 28.6 Å². The number of hydrogen-bond donors (Lipinski definition) is 0. The quantitative estimate of drug-likeness (QED) is 0.0263. The highest BCUT2D eigenvalue weighted by Gasteiger charge is 2.19. The molecular weight excluding hydrogens is 733 g/mol. The van der Waals surface area contributed by atoms with E-state index in [9.17, 15) is 14.4 Å². The zero-order chi connectivity index (χ0) is 43.0. The van der Waals surface area contributed by atoms with E-state index in [2.05, 4.69) is 81.5 Å². The largest absolute Gasteiger partial charge is 0.462 e. The summed E-state index contributed by atoms with van der Waals surface area (Å²) < 4.78 is 16.7. The number of unbranched alkanes of at least 4 members (excludes halogenated alkanes) is 23. The molecule has 0 N–H and O–H groups in total. The lowest BCUT2D eigenvalue weighted by atomic mass is 10.0. The summed E-state index contributed by atoms with van der Waals surface area (Å²) >= 11 is 0. The molecule has 6 nitrogen and oxygen atoms in total. The normalized spacial score (nSPS) is 12.5. The highest BCUT2D eigenvalue weighted by Crippen LogP contribution is 2.15. The molecule has 0 spiro atoms. The number of carbonyl (C=O) groups excluding carboxylic acids is 3. The van der Waals surface area contributed by atoms with Crippen molar-refractivity contribution in [2.75, 3.05) is 13.2 Å². The molecule has 0 heterocycles. The second kappa shape index (κ2) is 47.8. The van der Waals surface area contributed by atoms with E-state index < -0.39 is 6.10 Å². The molecule has 0 bridgehead atoms. The fourth-order valence-corrected chi connectivity index (χ4v) is 6.83. The van der Waals surface area contributed by atoms with Crippen LogP contribution < -0.4 is 0 Å². The van der Waals surface area contributed by atoms with Gasteiger partial charge in [-0.1, -0.05) is 223 Å². The van der Waals surface area contributed by atoms with Crippen LogP contribution in [-0.4, -0.2) is 37.2 Å². The van der Waals surface area contributed by atoms with Gasteiger partial charge in [0.15, 0.2) is 6.10 Å². The molecule has 0 aromatic rings. The zero-order valence-corrected chi connectivity index (χ0v) is 38.8. The molecule has 0 radical (unpaired) electrons. The van der Waals surface area contributed by atoms with Gasteiger partial charge >= 0.3 is 17.9 Å². The van der Waals surface area contributed by atoms with E-state index in [-0.39, 0.29) is 37.5 Å². The van der Waals surface area contributed by atoms with Crippen LogP contribution in [0, 0.1) is 0 Å². The molecule has 0 aliphatic heterocycles. The van der Waals surface area contributed by atoms with Crippen LogP contribution in [0.25, 0.3) is 0 Å². The zero-order valence-electron chi connectivity index (χ0n) is 38.8. The molecule has 0 unspecified atom stereocenters. The van der Waals surface area contributed by atoms with Crippen molar-refractivity contribution in [1.29, 1.82) is 0 Å². The van der Waals surface area contributed by atoms with Crippen molar-refractivity contribution in [2.45, 2.75) is 245 Å². The minimum absolute atomic E-state index is 0.0937. The van der Waals surface area contributed by atoms with Crippen molar-refractivity contribution in [1.82, 2.24) is 0 Å². The first-order valence-electron chi connectivity index (χ1n) is 24.8. The standard InChI is InChI=1S/C53H92O6/c1-4-7-10-13-16-19-22-24-25-26-27-29-32-35-38-41-44-47-53(56)59-50(48-57-51(54)45-42-39-36-33-30-21-18-15-12-9-6-3)49-58-52(55)46-43-40-37-34-31-28-23-20-17-14-11-8-5-2/h7,10,16,19,24-25,27,29,35,38,50H,4-6,8-9,11-15,17-18,20-23,26,28,30-34,36-37,39-49H2,1-3H3/b10-7-,19-16-,25-24-,29-27-,38-35-/t50-/m0/s1. The lowest BCUT2D eigenvalue weighted by Gasteiger charge is -2.18. The molecular formula is C53H92O6. The predicted molar refractivity (Wildman–Crippen MR) is 251 cm³/mol. The van der Waals surface area contributed by atoms with Gasteiger partial charge in [0.05, 0.1) is 0 Å². The highest BCUT2D eigenvalue weighted by molar-refractivity contribution is 5.71. The average molecular weight is 825 g/mol. The van der Waals surface area contributed by atoms with Crippen LogP contribution in [0.4, 0.5) is 0 Å². The average Bonchev–Trinajstić information content (AvgIpc) is 3.23. The Bertz CT molecular complexity index is 1090. The Morgan fingerprint density at radius 1 is 0.356 bits per heavy atom.